The number of rotatable bonds is 12. The fourth-order valence-corrected chi connectivity index (χ4v) is 8.32. The second-order valence-electron chi connectivity index (χ2n) is 13.9. The van der Waals surface area contributed by atoms with E-state index >= 15 is 0 Å². The number of fused-ring (bicyclic) bond motifs is 8. The monoisotopic (exact) mass is 844 g/mol. The summed E-state index contributed by atoms with van der Waals surface area (Å²) in [4.78, 5) is 0. The van der Waals surface area contributed by atoms with Crippen LogP contribution in [0.15, 0.2) is 130 Å². The number of hydrogen-bond donors (Lipinski definition) is 0. The molecule has 0 aromatic heterocycles. The van der Waals surface area contributed by atoms with Gasteiger partial charge in [-0.3, -0.25) is 0 Å². The smallest absolute Gasteiger partial charge is 0.126 e. The van der Waals surface area contributed by atoms with E-state index in [4.69, 9.17) is 18.9 Å². The molecule has 1 aliphatic carbocycles. The topological polar surface area (TPSA) is 36.9 Å². The van der Waals surface area contributed by atoms with Crippen LogP contribution in [0.3, 0.4) is 0 Å². The van der Waals surface area contributed by atoms with Crippen LogP contribution >= 0.6 is 31.9 Å². The highest BCUT2D eigenvalue weighted by atomic mass is 79.9. The van der Waals surface area contributed by atoms with Crippen molar-refractivity contribution in [2.24, 2.45) is 0 Å². The minimum absolute atomic E-state index is 0.468. The second kappa shape index (κ2) is 18.2. The molecular weight excluding hydrogens is 800 g/mol. The van der Waals surface area contributed by atoms with Gasteiger partial charge in [-0.05, 0) is 70.5 Å². The maximum atomic E-state index is 6.84. The van der Waals surface area contributed by atoms with Crippen molar-refractivity contribution in [3.63, 3.8) is 0 Å². The predicted molar refractivity (Wildman–Crippen MR) is 226 cm³/mol. The lowest BCUT2D eigenvalue weighted by atomic mass is 9.91. The molecule has 8 bridgehead atoms. The van der Waals surface area contributed by atoms with Crippen LogP contribution in [-0.2, 0) is 38.9 Å². The molecule has 6 aromatic carbocycles. The molecule has 0 atom stereocenters. The minimum Gasteiger partial charge on any atom is -0.493 e. The van der Waals surface area contributed by atoms with E-state index in [1.54, 1.807) is 0 Å². The molecular formula is C48H46Br2O4. The molecule has 0 heterocycles. The van der Waals surface area contributed by atoms with Crippen molar-refractivity contribution in [3.8, 4) is 23.0 Å². The molecule has 0 N–H and O–H groups in total. The van der Waals surface area contributed by atoms with Crippen molar-refractivity contribution in [1.82, 2.24) is 0 Å². The number of hydrogen-bond acceptors (Lipinski definition) is 4. The minimum atomic E-state index is 0.468. The SMILES string of the molecule is CCCOc1c2cccc1Cc1cc(Br)cc(c1OCc1ccccc1)Cc1cccc(c1OCCC)Cc1cc(Br)cc(c1OCc1ccccc1)C2. The Labute approximate surface area is 336 Å². The van der Waals surface area contributed by atoms with Crippen LogP contribution in [0, 0.1) is 0 Å². The summed E-state index contributed by atoms with van der Waals surface area (Å²) >= 11 is 7.77. The van der Waals surface area contributed by atoms with E-state index in [1.807, 2.05) is 12.1 Å². The lowest BCUT2D eigenvalue weighted by Gasteiger charge is -2.23. The summed E-state index contributed by atoms with van der Waals surface area (Å²) in [6, 6.07) is 42.6. The predicted octanol–water partition coefficient (Wildman–Crippen LogP) is 12.6. The summed E-state index contributed by atoms with van der Waals surface area (Å²) in [5, 5.41) is 0. The summed E-state index contributed by atoms with van der Waals surface area (Å²) < 4.78 is 29.1. The van der Waals surface area contributed by atoms with Gasteiger partial charge in [0, 0.05) is 56.9 Å². The Kier molecular flexibility index (Phi) is 12.7. The zero-order chi connectivity index (χ0) is 37.3. The molecule has 0 radical (unpaired) electrons. The molecule has 0 fully saturated rings. The van der Waals surface area contributed by atoms with Gasteiger partial charge >= 0.3 is 0 Å². The van der Waals surface area contributed by atoms with Gasteiger partial charge in [0.05, 0.1) is 13.2 Å². The second-order valence-corrected chi connectivity index (χ2v) is 15.7. The normalized spacial score (nSPS) is 12.2. The Balaban J connectivity index is 1.43. The quantitative estimate of drug-likeness (QED) is 0.123. The standard InChI is InChI=1S/C48H46Br2O4/c1-3-21-51-45-35-17-11-18-36(45)24-40-28-44(50)30-42(48(40)54-32-34-15-9-6-10-16-34)26-38-20-12-19-37(46(38)52-22-4-2)25-41-29-43(49)27-39(23-35)47(41)53-31-33-13-7-5-8-14-33/h5-20,27-30H,3-4,21-26,31-32H2,1-2H3. The fourth-order valence-electron chi connectivity index (χ4n) is 7.21. The number of halogens is 2. The summed E-state index contributed by atoms with van der Waals surface area (Å²) in [7, 11) is 0. The largest absolute Gasteiger partial charge is 0.493 e. The van der Waals surface area contributed by atoms with E-state index in [1.165, 1.54) is 0 Å². The Morgan fingerprint density at radius 3 is 1.02 bits per heavy atom. The number of benzene rings is 6. The van der Waals surface area contributed by atoms with Gasteiger partial charge < -0.3 is 18.9 Å². The molecule has 54 heavy (non-hydrogen) atoms. The van der Waals surface area contributed by atoms with Gasteiger partial charge in [0.25, 0.3) is 0 Å². The van der Waals surface area contributed by atoms with Crippen molar-refractivity contribution in [1.29, 1.82) is 0 Å². The third-order valence-electron chi connectivity index (χ3n) is 9.65. The summed E-state index contributed by atoms with van der Waals surface area (Å²) in [5.74, 6) is 3.66. The van der Waals surface area contributed by atoms with Gasteiger partial charge in [-0.15, -0.1) is 0 Å². The molecule has 6 heteroatoms. The van der Waals surface area contributed by atoms with E-state index in [2.05, 4.69) is 155 Å². The van der Waals surface area contributed by atoms with E-state index in [0.717, 1.165) is 100 Å². The highest BCUT2D eigenvalue weighted by Crippen LogP contribution is 2.41. The molecule has 0 aliphatic heterocycles. The van der Waals surface area contributed by atoms with E-state index in [0.29, 0.717) is 52.1 Å². The van der Waals surface area contributed by atoms with E-state index in [-0.39, 0.29) is 0 Å². The Hall–Kier alpha value is -4.52. The highest BCUT2D eigenvalue weighted by molar-refractivity contribution is 9.10. The highest BCUT2D eigenvalue weighted by Gasteiger charge is 2.23. The van der Waals surface area contributed by atoms with E-state index < -0.39 is 0 Å². The lowest BCUT2D eigenvalue weighted by Crippen LogP contribution is -2.10. The van der Waals surface area contributed by atoms with Crippen LogP contribution in [0.5, 0.6) is 23.0 Å². The summed E-state index contributed by atoms with van der Waals surface area (Å²) in [6.07, 6.45) is 4.39. The molecule has 1 aliphatic rings. The van der Waals surface area contributed by atoms with E-state index in [9.17, 15) is 0 Å². The van der Waals surface area contributed by atoms with Crippen LogP contribution < -0.4 is 18.9 Å². The lowest BCUT2D eigenvalue weighted by molar-refractivity contribution is 0.297. The van der Waals surface area contributed by atoms with Crippen LogP contribution in [0.25, 0.3) is 0 Å². The van der Waals surface area contributed by atoms with Gasteiger partial charge in [-0.2, -0.15) is 0 Å². The van der Waals surface area contributed by atoms with Gasteiger partial charge in [0.2, 0.25) is 0 Å². The molecule has 4 nitrogen and oxygen atoms in total. The van der Waals surface area contributed by atoms with Crippen molar-refractivity contribution in [3.05, 3.63) is 186 Å². The first kappa shape index (κ1) is 37.8. The first-order valence-corrected chi connectivity index (χ1v) is 20.5. The van der Waals surface area contributed by atoms with Gasteiger partial charge in [-0.1, -0.05) is 143 Å². The molecule has 276 valence electrons. The average Bonchev–Trinajstić information content (AvgIpc) is 3.17. The first-order valence-electron chi connectivity index (χ1n) is 18.9. The zero-order valence-corrected chi connectivity index (χ0v) is 34.2. The van der Waals surface area contributed by atoms with Gasteiger partial charge in [0.15, 0.2) is 0 Å². The van der Waals surface area contributed by atoms with Crippen molar-refractivity contribution in [2.75, 3.05) is 13.2 Å². The number of para-hydroxylation sites is 2. The Morgan fingerprint density at radius 1 is 0.389 bits per heavy atom. The molecule has 7 rings (SSSR count). The van der Waals surface area contributed by atoms with Crippen LogP contribution in [-0.4, -0.2) is 13.2 Å². The van der Waals surface area contributed by atoms with Crippen LogP contribution in [0.1, 0.15) is 82.3 Å². The Morgan fingerprint density at radius 2 is 0.704 bits per heavy atom. The third-order valence-corrected chi connectivity index (χ3v) is 10.6. The molecule has 0 unspecified atom stereocenters. The molecule has 6 aromatic rings. The van der Waals surface area contributed by atoms with Crippen molar-refractivity contribution in [2.45, 2.75) is 65.6 Å². The third kappa shape index (κ3) is 9.22. The maximum Gasteiger partial charge on any atom is 0.126 e. The van der Waals surface area contributed by atoms with Gasteiger partial charge in [-0.25, -0.2) is 0 Å². The zero-order valence-electron chi connectivity index (χ0n) is 31.0. The molecule has 0 amide bonds. The van der Waals surface area contributed by atoms with Crippen molar-refractivity contribution < 1.29 is 18.9 Å². The first-order chi connectivity index (χ1) is 26.5. The maximum absolute atomic E-state index is 6.84. The van der Waals surface area contributed by atoms with Crippen LogP contribution in [0.4, 0.5) is 0 Å². The Bertz CT molecular complexity index is 1930. The molecule has 0 saturated carbocycles. The van der Waals surface area contributed by atoms with Gasteiger partial charge in [0.1, 0.15) is 36.2 Å². The van der Waals surface area contributed by atoms with Crippen molar-refractivity contribution >= 4 is 31.9 Å². The molecule has 0 saturated heterocycles. The van der Waals surface area contributed by atoms with Crippen LogP contribution in [0.2, 0.25) is 0 Å². The fraction of sp³-hybridized carbons (Fsp3) is 0.250. The summed E-state index contributed by atoms with van der Waals surface area (Å²) in [6.45, 7) is 6.50. The summed E-state index contributed by atoms with van der Waals surface area (Å²) in [5.41, 5.74) is 11.1. The average molecular weight is 847 g/mol. The molecule has 0 spiro atoms. The number of ether oxygens (including phenoxy) is 4.